The molecule has 4 nitrogen and oxygen atoms in total. The standard InChI is InChI=1S/C10H17N3O/c1-13-4-2-8(3-5-13)6-10-9(11)7-12-14-10/h7-8H,2-6,11H2,1H3. The Hall–Kier alpha value is -1.03. The molecular formula is C10H17N3O. The molecule has 0 aromatic carbocycles. The smallest absolute Gasteiger partial charge is 0.159 e. The van der Waals surface area contributed by atoms with E-state index in [9.17, 15) is 0 Å². The van der Waals surface area contributed by atoms with Gasteiger partial charge in [-0.05, 0) is 38.9 Å². The van der Waals surface area contributed by atoms with Crippen LogP contribution in [0.2, 0.25) is 0 Å². The molecule has 0 aliphatic carbocycles. The third-order valence-electron chi connectivity index (χ3n) is 2.99. The zero-order valence-corrected chi connectivity index (χ0v) is 8.57. The van der Waals surface area contributed by atoms with Gasteiger partial charge in [-0.25, -0.2) is 0 Å². The molecule has 4 heteroatoms. The van der Waals surface area contributed by atoms with Crippen LogP contribution in [-0.4, -0.2) is 30.2 Å². The molecule has 0 atom stereocenters. The van der Waals surface area contributed by atoms with Gasteiger partial charge in [-0.2, -0.15) is 0 Å². The van der Waals surface area contributed by atoms with Gasteiger partial charge >= 0.3 is 0 Å². The van der Waals surface area contributed by atoms with Gasteiger partial charge in [-0.3, -0.25) is 0 Å². The second kappa shape index (κ2) is 4.00. The summed E-state index contributed by atoms with van der Waals surface area (Å²) >= 11 is 0. The second-order valence-electron chi connectivity index (χ2n) is 4.16. The lowest BCUT2D eigenvalue weighted by atomic mass is 9.92. The van der Waals surface area contributed by atoms with Crippen molar-refractivity contribution in [3.8, 4) is 0 Å². The highest BCUT2D eigenvalue weighted by molar-refractivity contribution is 5.38. The van der Waals surface area contributed by atoms with E-state index in [0.29, 0.717) is 11.6 Å². The Balaban J connectivity index is 1.89. The van der Waals surface area contributed by atoms with Gasteiger partial charge in [0.1, 0.15) is 0 Å². The minimum Gasteiger partial charge on any atom is -0.395 e. The van der Waals surface area contributed by atoms with Gasteiger partial charge in [-0.1, -0.05) is 5.16 Å². The molecule has 0 unspecified atom stereocenters. The SMILES string of the molecule is CN1CCC(Cc2oncc2N)CC1. The molecule has 1 fully saturated rings. The largest absolute Gasteiger partial charge is 0.395 e. The number of nitrogen functional groups attached to an aromatic ring is 1. The average Bonchev–Trinajstić information content (AvgIpc) is 2.56. The van der Waals surface area contributed by atoms with Gasteiger partial charge in [0, 0.05) is 6.42 Å². The van der Waals surface area contributed by atoms with E-state index in [4.69, 9.17) is 10.3 Å². The van der Waals surface area contributed by atoms with Gasteiger partial charge in [0.25, 0.3) is 0 Å². The van der Waals surface area contributed by atoms with Crippen molar-refractivity contribution >= 4 is 5.69 Å². The summed E-state index contributed by atoms with van der Waals surface area (Å²) in [7, 11) is 2.17. The molecule has 0 spiro atoms. The third kappa shape index (κ3) is 2.07. The van der Waals surface area contributed by atoms with Gasteiger partial charge in [0.05, 0.1) is 11.9 Å². The Labute approximate surface area is 84.0 Å². The zero-order chi connectivity index (χ0) is 9.97. The molecule has 0 radical (unpaired) electrons. The topological polar surface area (TPSA) is 55.3 Å². The van der Waals surface area contributed by atoms with Crippen molar-refractivity contribution in [2.24, 2.45) is 5.92 Å². The molecule has 78 valence electrons. The van der Waals surface area contributed by atoms with Crippen LogP contribution in [0.4, 0.5) is 5.69 Å². The minimum atomic E-state index is 0.698. The summed E-state index contributed by atoms with van der Waals surface area (Å²) in [5.74, 6) is 1.57. The molecule has 1 aliphatic heterocycles. The molecule has 14 heavy (non-hydrogen) atoms. The summed E-state index contributed by atoms with van der Waals surface area (Å²) in [4.78, 5) is 2.36. The van der Waals surface area contributed by atoms with Crippen LogP contribution in [0.1, 0.15) is 18.6 Å². The van der Waals surface area contributed by atoms with E-state index < -0.39 is 0 Å². The number of nitrogens with two attached hydrogens (primary N) is 1. The quantitative estimate of drug-likeness (QED) is 0.769. The van der Waals surface area contributed by atoms with E-state index in [0.717, 1.165) is 12.2 Å². The van der Waals surface area contributed by atoms with Gasteiger partial charge < -0.3 is 15.2 Å². The first kappa shape index (κ1) is 9.52. The zero-order valence-electron chi connectivity index (χ0n) is 8.57. The summed E-state index contributed by atoms with van der Waals surface area (Å²) < 4.78 is 5.11. The van der Waals surface area contributed by atoms with Gasteiger partial charge in [0.15, 0.2) is 5.76 Å². The lowest BCUT2D eigenvalue weighted by molar-refractivity contribution is 0.210. The van der Waals surface area contributed by atoms with Crippen molar-refractivity contribution in [3.05, 3.63) is 12.0 Å². The van der Waals surface area contributed by atoms with E-state index in [1.54, 1.807) is 6.20 Å². The maximum Gasteiger partial charge on any atom is 0.159 e. The molecule has 1 aliphatic rings. The first-order valence-electron chi connectivity index (χ1n) is 5.13. The van der Waals surface area contributed by atoms with Crippen molar-refractivity contribution < 1.29 is 4.52 Å². The van der Waals surface area contributed by atoms with Crippen LogP contribution < -0.4 is 5.73 Å². The Bertz CT molecular complexity index is 289. The van der Waals surface area contributed by atoms with Crippen LogP contribution >= 0.6 is 0 Å². The molecule has 0 bridgehead atoms. The van der Waals surface area contributed by atoms with Crippen LogP contribution in [-0.2, 0) is 6.42 Å². The third-order valence-corrected chi connectivity index (χ3v) is 2.99. The van der Waals surface area contributed by atoms with Crippen LogP contribution in [0.15, 0.2) is 10.7 Å². The van der Waals surface area contributed by atoms with Gasteiger partial charge in [-0.15, -0.1) is 0 Å². The molecule has 1 aromatic rings. The number of nitrogens with zero attached hydrogens (tertiary/aromatic N) is 2. The number of piperidine rings is 1. The van der Waals surface area contributed by atoms with Crippen molar-refractivity contribution in [2.45, 2.75) is 19.3 Å². The van der Waals surface area contributed by atoms with Crippen LogP contribution in [0, 0.1) is 5.92 Å². The van der Waals surface area contributed by atoms with Crippen LogP contribution in [0.3, 0.4) is 0 Å². The van der Waals surface area contributed by atoms with E-state index in [1.807, 2.05) is 0 Å². The fraction of sp³-hybridized carbons (Fsp3) is 0.700. The highest BCUT2D eigenvalue weighted by Gasteiger charge is 2.19. The Kier molecular flexibility index (Phi) is 2.72. The lowest BCUT2D eigenvalue weighted by Gasteiger charge is -2.28. The molecule has 1 saturated heterocycles. The summed E-state index contributed by atoms with van der Waals surface area (Å²) in [5.41, 5.74) is 6.42. The van der Waals surface area contributed by atoms with E-state index >= 15 is 0 Å². The number of likely N-dealkylation sites (tertiary alicyclic amines) is 1. The monoisotopic (exact) mass is 195 g/mol. The number of hydrogen-bond donors (Lipinski definition) is 1. The highest BCUT2D eigenvalue weighted by Crippen LogP contribution is 2.23. The van der Waals surface area contributed by atoms with E-state index in [2.05, 4.69) is 17.1 Å². The lowest BCUT2D eigenvalue weighted by Crippen LogP contribution is -2.30. The maximum atomic E-state index is 5.72. The normalized spacial score (nSPS) is 20.1. The molecule has 2 N–H and O–H groups in total. The summed E-state index contributed by atoms with van der Waals surface area (Å²) in [6.07, 6.45) is 5.00. The van der Waals surface area contributed by atoms with E-state index in [1.165, 1.54) is 25.9 Å². The fourth-order valence-corrected chi connectivity index (χ4v) is 1.95. The average molecular weight is 195 g/mol. The van der Waals surface area contributed by atoms with Crippen molar-refractivity contribution in [1.29, 1.82) is 0 Å². The predicted octanol–water partition coefficient (Wildman–Crippen LogP) is 1.14. The second-order valence-corrected chi connectivity index (χ2v) is 4.16. The minimum absolute atomic E-state index is 0.698. The Morgan fingerprint density at radius 1 is 1.57 bits per heavy atom. The predicted molar refractivity (Wildman–Crippen MR) is 54.8 cm³/mol. The molecule has 2 rings (SSSR count). The molecule has 0 amide bonds. The van der Waals surface area contributed by atoms with Crippen molar-refractivity contribution in [3.63, 3.8) is 0 Å². The number of hydrogen-bond acceptors (Lipinski definition) is 4. The molecule has 2 heterocycles. The summed E-state index contributed by atoms with van der Waals surface area (Å²) in [6.45, 7) is 2.36. The number of rotatable bonds is 2. The number of aromatic nitrogens is 1. The van der Waals surface area contributed by atoms with Crippen molar-refractivity contribution in [1.82, 2.24) is 10.1 Å². The number of anilines is 1. The molecule has 1 aromatic heterocycles. The first-order valence-corrected chi connectivity index (χ1v) is 5.13. The van der Waals surface area contributed by atoms with Crippen LogP contribution in [0.25, 0.3) is 0 Å². The van der Waals surface area contributed by atoms with Crippen molar-refractivity contribution in [2.75, 3.05) is 25.9 Å². The summed E-state index contributed by atoms with van der Waals surface area (Å²) in [6, 6.07) is 0. The summed E-state index contributed by atoms with van der Waals surface area (Å²) in [5, 5.41) is 3.69. The fourth-order valence-electron chi connectivity index (χ4n) is 1.95. The van der Waals surface area contributed by atoms with Gasteiger partial charge in [0.2, 0.25) is 0 Å². The Morgan fingerprint density at radius 3 is 2.86 bits per heavy atom. The maximum absolute atomic E-state index is 5.72. The van der Waals surface area contributed by atoms with E-state index in [-0.39, 0.29) is 0 Å². The molecule has 0 saturated carbocycles. The molecular weight excluding hydrogens is 178 g/mol. The first-order chi connectivity index (χ1) is 6.75. The Morgan fingerprint density at radius 2 is 2.29 bits per heavy atom. The highest BCUT2D eigenvalue weighted by atomic mass is 16.5. The van der Waals surface area contributed by atoms with Crippen LogP contribution in [0.5, 0.6) is 0 Å².